The van der Waals surface area contributed by atoms with Crippen molar-refractivity contribution in [1.29, 1.82) is 0 Å². The van der Waals surface area contributed by atoms with Crippen LogP contribution >= 0.6 is 0 Å². The third kappa shape index (κ3) is 2.42. The number of fused-ring (bicyclic) bond motifs is 1. The minimum Gasteiger partial charge on any atom is -0.361 e. The number of hydrogen-bond donors (Lipinski definition) is 1. The molecule has 0 radical (unpaired) electrons. The van der Waals surface area contributed by atoms with Crippen LogP contribution in [0.1, 0.15) is 22.8 Å². The number of carbonyl (C=O) groups excluding carboxylic acids is 1. The number of H-pyrrole nitrogens is 1. The van der Waals surface area contributed by atoms with Crippen LogP contribution in [0.25, 0.3) is 10.9 Å². The molecule has 1 heterocycles. The van der Waals surface area contributed by atoms with Crippen molar-refractivity contribution in [3.8, 4) is 0 Å². The maximum Gasteiger partial charge on any atom is 0.258 e. The highest BCUT2D eigenvalue weighted by Crippen LogP contribution is 2.22. The van der Waals surface area contributed by atoms with E-state index in [0.717, 1.165) is 28.6 Å². The fourth-order valence-corrected chi connectivity index (χ4v) is 2.53. The molecule has 0 aliphatic carbocycles. The van der Waals surface area contributed by atoms with Gasteiger partial charge in [0.15, 0.2) is 0 Å². The zero-order valence-corrected chi connectivity index (χ0v) is 12.3. The Labute approximate surface area is 124 Å². The predicted molar refractivity (Wildman–Crippen MR) is 86.9 cm³/mol. The van der Waals surface area contributed by atoms with Crippen LogP contribution in [0.5, 0.6) is 0 Å². The molecular weight excluding hydrogens is 260 g/mol. The number of aromatic amines is 1. The van der Waals surface area contributed by atoms with Crippen molar-refractivity contribution >= 4 is 22.5 Å². The molecule has 106 valence electrons. The SMILES string of the molecule is CCc1ccc(N(C)C(=O)c2cccc3[nH]ccc23)cc1. The van der Waals surface area contributed by atoms with Crippen molar-refractivity contribution in [2.75, 3.05) is 11.9 Å². The van der Waals surface area contributed by atoms with E-state index in [1.165, 1.54) is 5.56 Å². The van der Waals surface area contributed by atoms with Crippen molar-refractivity contribution in [3.63, 3.8) is 0 Å². The normalized spacial score (nSPS) is 10.8. The van der Waals surface area contributed by atoms with E-state index >= 15 is 0 Å². The summed E-state index contributed by atoms with van der Waals surface area (Å²) in [4.78, 5) is 17.6. The Morgan fingerprint density at radius 1 is 1.10 bits per heavy atom. The van der Waals surface area contributed by atoms with E-state index in [-0.39, 0.29) is 5.91 Å². The van der Waals surface area contributed by atoms with Crippen LogP contribution in [0.2, 0.25) is 0 Å². The third-order valence-electron chi connectivity index (χ3n) is 3.86. The lowest BCUT2D eigenvalue weighted by molar-refractivity contribution is 0.0994. The zero-order chi connectivity index (χ0) is 14.8. The summed E-state index contributed by atoms with van der Waals surface area (Å²) in [6, 6.07) is 15.8. The molecule has 21 heavy (non-hydrogen) atoms. The molecule has 3 rings (SSSR count). The summed E-state index contributed by atoms with van der Waals surface area (Å²) in [5, 5.41) is 0.958. The Morgan fingerprint density at radius 2 is 1.86 bits per heavy atom. The quantitative estimate of drug-likeness (QED) is 0.772. The number of nitrogens with one attached hydrogen (secondary N) is 1. The number of amides is 1. The molecule has 2 aromatic carbocycles. The maximum atomic E-state index is 12.7. The third-order valence-corrected chi connectivity index (χ3v) is 3.86. The lowest BCUT2D eigenvalue weighted by Crippen LogP contribution is -2.26. The van der Waals surface area contributed by atoms with Crippen LogP contribution < -0.4 is 4.90 Å². The van der Waals surface area contributed by atoms with E-state index in [2.05, 4.69) is 24.0 Å². The molecule has 3 heteroatoms. The van der Waals surface area contributed by atoms with Crippen LogP contribution in [-0.2, 0) is 6.42 Å². The number of nitrogens with zero attached hydrogens (tertiary/aromatic N) is 1. The van der Waals surface area contributed by atoms with Gasteiger partial charge < -0.3 is 9.88 Å². The van der Waals surface area contributed by atoms with Gasteiger partial charge in [0.1, 0.15) is 0 Å². The monoisotopic (exact) mass is 278 g/mol. The number of aryl methyl sites for hydroxylation is 1. The lowest BCUT2D eigenvalue weighted by Gasteiger charge is -2.18. The lowest BCUT2D eigenvalue weighted by atomic mass is 10.1. The second kappa shape index (κ2) is 5.44. The molecule has 0 spiro atoms. The summed E-state index contributed by atoms with van der Waals surface area (Å²) in [6.07, 6.45) is 2.86. The average molecular weight is 278 g/mol. The summed E-state index contributed by atoms with van der Waals surface area (Å²) in [5.41, 5.74) is 3.88. The first-order valence-electron chi connectivity index (χ1n) is 7.14. The molecule has 0 saturated carbocycles. The van der Waals surface area contributed by atoms with Gasteiger partial charge in [-0.3, -0.25) is 4.79 Å². The molecule has 0 bridgehead atoms. The number of anilines is 1. The summed E-state index contributed by atoms with van der Waals surface area (Å²) < 4.78 is 0. The number of carbonyl (C=O) groups is 1. The van der Waals surface area contributed by atoms with Gasteiger partial charge in [-0.1, -0.05) is 25.1 Å². The van der Waals surface area contributed by atoms with Crippen molar-refractivity contribution in [2.24, 2.45) is 0 Å². The smallest absolute Gasteiger partial charge is 0.258 e. The van der Waals surface area contributed by atoms with Crippen LogP contribution in [0, 0.1) is 0 Å². The predicted octanol–water partition coefficient (Wildman–Crippen LogP) is 4.01. The first kappa shape index (κ1) is 13.4. The Kier molecular flexibility index (Phi) is 3.48. The number of aromatic nitrogens is 1. The summed E-state index contributed by atoms with van der Waals surface area (Å²) >= 11 is 0. The Hall–Kier alpha value is -2.55. The highest BCUT2D eigenvalue weighted by atomic mass is 16.2. The Balaban J connectivity index is 1.95. The van der Waals surface area contributed by atoms with Gasteiger partial charge in [0.25, 0.3) is 5.91 Å². The van der Waals surface area contributed by atoms with Gasteiger partial charge in [-0.15, -0.1) is 0 Å². The highest BCUT2D eigenvalue weighted by Gasteiger charge is 2.16. The van der Waals surface area contributed by atoms with Gasteiger partial charge in [-0.05, 0) is 42.3 Å². The van der Waals surface area contributed by atoms with Crippen LogP contribution in [0.15, 0.2) is 54.7 Å². The van der Waals surface area contributed by atoms with Crippen molar-refractivity contribution in [2.45, 2.75) is 13.3 Å². The summed E-state index contributed by atoms with van der Waals surface area (Å²) in [5.74, 6) is 0.00412. The first-order chi connectivity index (χ1) is 10.2. The molecule has 0 unspecified atom stereocenters. The second-order valence-corrected chi connectivity index (χ2v) is 5.13. The maximum absolute atomic E-state index is 12.7. The molecule has 3 aromatic rings. The van der Waals surface area contributed by atoms with E-state index in [1.54, 1.807) is 4.90 Å². The fourth-order valence-electron chi connectivity index (χ4n) is 2.53. The fraction of sp³-hybridized carbons (Fsp3) is 0.167. The average Bonchev–Trinajstić information content (AvgIpc) is 3.02. The van der Waals surface area contributed by atoms with Crippen molar-refractivity contribution < 1.29 is 4.79 Å². The number of rotatable bonds is 3. The van der Waals surface area contributed by atoms with Gasteiger partial charge in [0, 0.05) is 35.4 Å². The van der Waals surface area contributed by atoms with Crippen molar-refractivity contribution in [1.82, 2.24) is 4.98 Å². The molecule has 1 N–H and O–H groups in total. The zero-order valence-electron chi connectivity index (χ0n) is 12.3. The van der Waals surface area contributed by atoms with E-state index < -0.39 is 0 Å². The van der Waals surface area contributed by atoms with Gasteiger partial charge in [0.05, 0.1) is 0 Å². The molecule has 0 saturated heterocycles. The Morgan fingerprint density at radius 3 is 2.57 bits per heavy atom. The van der Waals surface area contributed by atoms with Gasteiger partial charge in [-0.2, -0.15) is 0 Å². The van der Waals surface area contributed by atoms with Gasteiger partial charge in [0.2, 0.25) is 0 Å². The largest absolute Gasteiger partial charge is 0.361 e. The molecule has 0 fully saturated rings. The second-order valence-electron chi connectivity index (χ2n) is 5.13. The van der Waals surface area contributed by atoms with E-state index in [9.17, 15) is 4.79 Å². The van der Waals surface area contributed by atoms with Crippen molar-refractivity contribution in [3.05, 3.63) is 65.9 Å². The molecule has 0 aliphatic heterocycles. The standard InChI is InChI=1S/C18H18N2O/c1-3-13-7-9-14(10-8-13)20(2)18(21)16-5-4-6-17-15(16)11-12-19-17/h4-12,19H,3H2,1-2H3. The van der Waals surface area contributed by atoms with Crippen LogP contribution in [0.3, 0.4) is 0 Å². The van der Waals surface area contributed by atoms with Crippen LogP contribution in [-0.4, -0.2) is 17.9 Å². The molecule has 0 aliphatic rings. The molecule has 3 nitrogen and oxygen atoms in total. The van der Waals surface area contributed by atoms with Gasteiger partial charge in [-0.25, -0.2) is 0 Å². The molecule has 0 atom stereocenters. The molecular formula is C18H18N2O. The minimum absolute atomic E-state index is 0.00412. The topological polar surface area (TPSA) is 36.1 Å². The first-order valence-corrected chi connectivity index (χ1v) is 7.14. The van der Waals surface area contributed by atoms with Gasteiger partial charge >= 0.3 is 0 Å². The van der Waals surface area contributed by atoms with E-state index in [4.69, 9.17) is 0 Å². The van der Waals surface area contributed by atoms with E-state index in [0.29, 0.717) is 0 Å². The van der Waals surface area contributed by atoms with Crippen LogP contribution in [0.4, 0.5) is 5.69 Å². The number of hydrogen-bond acceptors (Lipinski definition) is 1. The summed E-state index contributed by atoms with van der Waals surface area (Å²) in [6.45, 7) is 2.12. The molecule has 1 amide bonds. The van der Waals surface area contributed by atoms with E-state index in [1.807, 2.05) is 49.6 Å². The number of benzene rings is 2. The summed E-state index contributed by atoms with van der Waals surface area (Å²) in [7, 11) is 1.81. The highest BCUT2D eigenvalue weighted by molar-refractivity contribution is 6.13. The molecule has 1 aromatic heterocycles. The Bertz CT molecular complexity index is 771. The minimum atomic E-state index is 0.00412.